The van der Waals surface area contributed by atoms with Crippen molar-refractivity contribution in [3.05, 3.63) is 0 Å². The third-order valence-electron chi connectivity index (χ3n) is 3.39. The van der Waals surface area contributed by atoms with Gasteiger partial charge in [0.25, 0.3) is 0 Å². The summed E-state index contributed by atoms with van der Waals surface area (Å²) >= 11 is 0. The van der Waals surface area contributed by atoms with Gasteiger partial charge in [-0.05, 0) is 31.6 Å². The van der Waals surface area contributed by atoms with E-state index in [1.807, 2.05) is 0 Å². The van der Waals surface area contributed by atoms with E-state index in [1.54, 1.807) is 0 Å². The summed E-state index contributed by atoms with van der Waals surface area (Å²) in [6.45, 7) is 3.19. The van der Waals surface area contributed by atoms with Crippen LogP contribution in [0.4, 0.5) is 0 Å². The predicted molar refractivity (Wildman–Crippen MR) is 72.6 cm³/mol. The Hall–Kier alpha value is -1.06. The molecule has 0 saturated carbocycles. The normalized spacial score (nSPS) is 25.4. The van der Waals surface area contributed by atoms with Gasteiger partial charge in [0.2, 0.25) is 0 Å². The fraction of sp³-hybridized carbons (Fsp3) is 0.867. The van der Waals surface area contributed by atoms with Crippen molar-refractivity contribution in [1.29, 1.82) is 0 Å². The Morgan fingerprint density at radius 2 is 1.47 bits per heavy atom. The van der Waals surface area contributed by atoms with E-state index in [9.17, 15) is 9.59 Å². The van der Waals surface area contributed by atoms with E-state index >= 15 is 0 Å². The van der Waals surface area contributed by atoms with E-state index in [1.165, 1.54) is 0 Å². The first-order valence-corrected chi connectivity index (χ1v) is 7.49. The second kappa shape index (κ2) is 9.82. The van der Waals surface area contributed by atoms with Gasteiger partial charge < -0.3 is 9.47 Å². The van der Waals surface area contributed by atoms with Crippen LogP contribution in [-0.2, 0) is 19.1 Å². The van der Waals surface area contributed by atoms with Gasteiger partial charge in [0.05, 0.1) is 13.2 Å². The SMILES string of the molecule is CC1CCCCCCOC(=O)CCCCC(=O)OC1. The van der Waals surface area contributed by atoms with Crippen LogP contribution in [0.3, 0.4) is 0 Å². The number of ether oxygens (including phenoxy) is 2. The number of carbonyl (C=O) groups is 2. The predicted octanol–water partition coefficient (Wildman–Crippen LogP) is 3.23. The first-order valence-electron chi connectivity index (χ1n) is 7.49. The van der Waals surface area contributed by atoms with Gasteiger partial charge in [-0.3, -0.25) is 9.59 Å². The first-order chi connectivity index (χ1) is 9.18. The van der Waals surface area contributed by atoms with Crippen molar-refractivity contribution in [3.8, 4) is 0 Å². The number of hydrogen-bond donors (Lipinski definition) is 0. The van der Waals surface area contributed by atoms with Crippen molar-refractivity contribution >= 4 is 11.9 Å². The molecular formula is C15H26O4. The zero-order valence-corrected chi connectivity index (χ0v) is 12.0. The fourth-order valence-corrected chi connectivity index (χ4v) is 2.14. The lowest BCUT2D eigenvalue weighted by Gasteiger charge is -2.12. The summed E-state index contributed by atoms with van der Waals surface area (Å²) in [5, 5.41) is 0. The van der Waals surface area contributed by atoms with Crippen LogP contribution in [0, 0.1) is 5.92 Å². The maximum atomic E-state index is 11.5. The first kappa shape index (κ1) is 16.0. The highest BCUT2D eigenvalue weighted by molar-refractivity contribution is 5.70. The average molecular weight is 270 g/mol. The van der Waals surface area contributed by atoms with Crippen LogP contribution in [0.1, 0.15) is 64.7 Å². The molecule has 0 N–H and O–H groups in total. The summed E-state index contributed by atoms with van der Waals surface area (Å²) in [6, 6.07) is 0. The van der Waals surface area contributed by atoms with Gasteiger partial charge in [0, 0.05) is 12.8 Å². The molecule has 1 aliphatic rings. The van der Waals surface area contributed by atoms with E-state index in [2.05, 4.69) is 6.92 Å². The molecule has 0 aromatic carbocycles. The molecule has 4 nitrogen and oxygen atoms in total. The Kier molecular flexibility index (Phi) is 8.26. The molecule has 0 spiro atoms. The molecule has 1 atom stereocenters. The molecule has 0 aromatic heterocycles. The number of hydrogen-bond acceptors (Lipinski definition) is 4. The summed E-state index contributed by atoms with van der Waals surface area (Å²) < 4.78 is 10.4. The van der Waals surface area contributed by atoms with Crippen LogP contribution < -0.4 is 0 Å². The Morgan fingerprint density at radius 3 is 2.21 bits per heavy atom. The lowest BCUT2D eigenvalue weighted by atomic mass is 10.0. The van der Waals surface area contributed by atoms with Gasteiger partial charge in [-0.15, -0.1) is 0 Å². The summed E-state index contributed by atoms with van der Waals surface area (Å²) in [6.07, 6.45) is 7.64. The van der Waals surface area contributed by atoms with Crippen molar-refractivity contribution in [2.45, 2.75) is 64.7 Å². The van der Waals surface area contributed by atoms with Crippen LogP contribution >= 0.6 is 0 Å². The zero-order valence-electron chi connectivity index (χ0n) is 12.0. The number of esters is 2. The number of cyclic esters (lactones) is 2. The Balaban J connectivity index is 2.30. The molecule has 19 heavy (non-hydrogen) atoms. The molecule has 1 aliphatic heterocycles. The van der Waals surface area contributed by atoms with Gasteiger partial charge in [0.1, 0.15) is 0 Å². The van der Waals surface area contributed by atoms with Crippen LogP contribution in [0.2, 0.25) is 0 Å². The summed E-state index contributed by atoms with van der Waals surface area (Å²) in [5.41, 5.74) is 0. The van der Waals surface area contributed by atoms with Gasteiger partial charge in [-0.25, -0.2) is 0 Å². The van der Waals surface area contributed by atoms with E-state index < -0.39 is 0 Å². The summed E-state index contributed by atoms with van der Waals surface area (Å²) in [7, 11) is 0. The van der Waals surface area contributed by atoms with E-state index in [0.717, 1.165) is 32.1 Å². The second-order valence-electron chi connectivity index (χ2n) is 5.42. The molecule has 0 radical (unpaired) electrons. The lowest BCUT2D eigenvalue weighted by molar-refractivity contribution is -0.146. The average Bonchev–Trinajstić information content (AvgIpc) is 2.39. The van der Waals surface area contributed by atoms with Gasteiger partial charge in [-0.1, -0.05) is 26.2 Å². The van der Waals surface area contributed by atoms with E-state index in [4.69, 9.17) is 9.47 Å². The molecule has 1 fully saturated rings. The monoisotopic (exact) mass is 270 g/mol. The summed E-state index contributed by atoms with van der Waals surface area (Å²) in [4.78, 5) is 22.8. The lowest BCUT2D eigenvalue weighted by Crippen LogP contribution is -2.12. The maximum absolute atomic E-state index is 11.5. The molecule has 0 aliphatic carbocycles. The second-order valence-corrected chi connectivity index (χ2v) is 5.42. The zero-order chi connectivity index (χ0) is 13.9. The van der Waals surface area contributed by atoms with E-state index in [-0.39, 0.29) is 11.9 Å². The highest BCUT2D eigenvalue weighted by Crippen LogP contribution is 2.12. The van der Waals surface area contributed by atoms with Gasteiger partial charge in [0.15, 0.2) is 0 Å². The van der Waals surface area contributed by atoms with Crippen molar-refractivity contribution in [1.82, 2.24) is 0 Å². The molecule has 4 heteroatoms. The third kappa shape index (κ3) is 8.62. The molecular weight excluding hydrogens is 244 g/mol. The van der Waals surface area contributed by atoms with Crippen LogP contribution in [0.25, 0.3) is 0 Å². The van der Waals surface area contributed by atoms with Crippen LogP contribution in [0.15, 0.2) is 0 Å². The molecule has 0 bridgehead atoms. The van der Waals surface area contributed by atoms with Crippen molar-refractivity contribution in [2.75, 3.05) is 13.2 Å². The molecule has 0 amide bonds. The fourth-order valence-electron chi connectivity index (χ4n) is 2.14. The topological polar surface area (TPSA) is 52.6 Å². The van der Waals surface area contributed by atoms with Crippen molar-refractivity contribution in [2.24, 2.45) is 5.92 Å². The summed E-state index contributed by atoms with van der Waals surface area (Å²) in [5.74, 6) is 0.149. The van der Waals surface area contributed by atoms with Crippen molar-refractivity contribution in [3.63, 3.8) is 0 Å². The number of rotatable bonds is 0. The Bertz CT molecular complexity index is 275. The highest BCUT2D eigenvalue weighted by atomic mass is 16.5. The Morgan fingerprint density at radius 1 is 0.842 bits per heavy atom. The van der Waals surface area contributed by atoms with E-state index in [0.29, 0.717) is 44.8 Å². The van der Waals surface area contributed by atoms with Crippen LogP contribution in [0.5, 0.6) is 0 Å². The molecule has 1 rings (SSSR count). The van der Waals surface area contributed by atoms with Crippen molar-refractivity contribution < 1.29 is 19.1 Å². The number of carbonyl (C=O) groups excluding carboxylic acids is 2. The maximum Gasteiger partial charge on any atom is 0.305 e. The minimum Gasteiger partial charge on any atom is -0.466 e. The quantitative estimate of drug-likeness (QED) is 0.634. The van der Waals surface area contributed by atoms with Gasteiger partial charge >= 0.3 is 11.9 Å². The molecule has 1 unspecified atom stereocenters. The molecule has 1 heterocycles. The molecule has 110 valence electrons. The molecule has 1 saturated heterocycles. The van der Waals surface area contributed by atoms with Gasteiger partial charge in [-0.2, -0.15) is 0 Å². The Labute approximate surface area is 115 Å². The largest absolute Gasteiger partial charge is 0.466 e. The standard InChI is InChI=1S/C15H26O4/c1-13-8-4-2-3-7-11-18-14(16)9-5-6-10-15(17)19-12-13/h13H,2-12H2,1H3. The smallest absolute Gasteiger partial charge is 0.305 e. The molecule has 0 aromatic rings. The third-order valence-corrected chi connectivity index (χ3v) is 3.39. The minimum absolute atomic E-state index is 0.144. The minimum atomic E-state index is -0.146. The van der Waals surface area contributed by atoms with Crippen LogP contribution in [-0.4, -0.2) is 25.2 Å². The highest BCUT2D eigenvalue weighted by Gasteiger charge is 2.09.